The van der Waals surface area contributed by atoms with Gasteiger partial charge in [0.25, 0.3) is 0 Å². The second kappa shape index (κ2) is 5.73. The zero-order valence-electron chi connectivity index (χ0n) is 11.3. The normalized spacial score (nSPS) is 16.1. The molecule has 1 aliphatic rings. The minimum absolute atomic E-state index is 0.231. The van der Waals surface area contributed by atoms with E-state index in [4.69, 9.17) is 0 Å². The third-order valence-corrected chi connectivity index (χ3v) is 3.33. The van der Waals surface area contributed by atoms with E-state index in [0.717, 1.165) is 44.5 Å². The summed E-state index contributed by atoms with van der Waals surface area (Å²) in [6, 6.07) is 3.51. The molecular formula is C14H17F3N2O. The van der Waals surface area contributed by atoms with Crippen molar-refractivity contribution < 1.29 is 18.0 Å². The molecule has 0 spiro atoms. The van der Waals surface area contributed by atoms with E-state index < -0.39 is 11.7 Å². The first kappa shape index (κ1) is 14.7. The molecule has 0 radical (unpaired) electrons. The van der Waals surface area contributed by atoms with Crippen molar-refractivity contribution in [2.24, 2.45) is 0 Å². The van der Waals surface area contributed by atoms with Crippen LogP contribution in [-0.2, 0) is 11.0 Å². The molecule has 1 heterocycles. The highest BCUT2D eigenvalue weighted by atomic mass is 19.4. The Morgan fingerprint density at radius 2 is 1.85 bits per heavy atom. The Bertz CT molecular complexity index is 494. The molecule has 3 nitrogen and oxygen atoms in total. The summed E-state index contributed by atoms with van der Waals surface area (Å²) in [6.07, 6.45) is -1.25. The third kappa shape index (κ3) is 3.43. The Morgan fingerprint density at radius 1 is 1.20 bits per heavy atom. The van der Waals surface area contributed by atoms with Crippen molar-refractivity contribution in [3.63, 3.8) is 0 Å². The molecule has 6 heteroatoms. The van der Waals surface area contributed by atoms with E-state index in [1.807, 2.05) is 4.90 Å². The number of carbonyl (C=O) groups is 1. The molecule has 1 aromatic carbocycles. The van der Waals surface area contributed by atoms with Crippen LogP contribution in [0.15, 0.2) is 18.2 Å². The van der Waals surface area contributed by atoms with Crippen molar-refractivity contribution in [1.82, 2.24) is 0 Å². The number of nitrogens with one attached hydrogen (secondary N) is 1. The van der Waals surface area contributed by atoms with E-state index in [1.165, 1.54) is 13.0 Å². The number of amides is 1. The Morgan fingerprint density at radius 3 is 2.40 bits per heavy atom. The molecule has 20 heavy (non-hydrogen) atoms. The van der Waals surface area contributed by atoms with Gasteiger partial charge in [-0.15, -0.1) is 0 Å². The highest BCUT2D eigenvalue weighted by molar-refractivity contribution is 5.93. The monoisotopic (exact) mass is 286 g/mol. The van der Waals surface area contributed by atoms with E-state index in [0.29, 0.717) is 5.69 Å². The summed E-state index contributed by atoms with van der Waals surface area (Å²) >= 11 is 0. The molecule has 0 aliphatic carbocycles. The molecular weight excluding hydrogens is 269 g/mol. The van der Waals surface area contributed by atoms with Crippen LogP contribution < -0.4 is 10.2 Å². The van der Waals surface area contributed by atoms with Gasteiger partial charge in [-0.05, 0) is 37.5 Å². The zero-order valence-corrected chi connectivity index (χ0v) is 11.3. The topological polar surface area (TPSA) is 32.3 Å². The van der Waals surface area contributed by atoms with Crippen molar-refractivity contribution in [1.29, 1.82) is 0 Å². The zero-order chi connectivity index (χ0) is 14.8. The standard InChI is InChI=1S/C14H17F3N2O/c1-10(20)18-12-9-11(14(15,16)17)5-6-13(12)19-7-3-2-4-8-19/h5-6,9H,2-4,7-8H2,1H3,(H,18,20). The van der Waals surface area contributed by atoms with Gasteiger partial charge in [0.05, 0.1) is 16.9 Å². The van der Waals surface area contributed by atoms with Crippen LogP contribution in [0.1, 0.15) is 31.7 Å². The average molecular weight is 286 g/mol. The molecule has 0 atom stereocenters. The SMILES string of the molecule is CC(=O)Nc1cc(C(F)(F)F)ccc1N1CCCCC1. The fraction of sp³-hybridized carbons (Fsp3) is 0.500. The Hall–Kier alpha value is -1.72. The summed E-state index contributed by atoms with van der Waals surface area (Å²) in [7, 11) is 0. The lowest BCUT2D eigenvalue weighted by Gasteiger charge is -2.31. The summed E-state index contributed by atoms with van der Waals surface area (Å²) in [5.74, 6) is -0.373. The summed E-state index contributed by atoms with van der Waals surface area (Å²) in [5, 5.41) is 2.50. The third-order valence-electron chi connectivity index (χ3n) is 3.33. The predicted molar refractivity (Wildman–Crippen MR) is 71.8 cm³/mol. The molecule has 0 saturated carbocycles. The van der Waals surface area contributed by atoms with Gasteiger partial charge in [-0.3, -0.25) is 4.79 Å². The summed E-state index contributed by atoms with van der Waals surface area (Å²) in [4.78, 5) is 13.2. The van der Waals surface area contributed by atoms with Crippen LogP contribution in [0.5, 0.6) is 0 Å². The van der Waals surface area contributed by atoms with E-state index >= 15 is 0 Å². The first-order chi connectivity index (χ1) is 9.38. The van der Waals surface area contributed by atoms with Crippen LogP contribution in [0.2, 0.25) is 0 Å². The smallest absolute Gasteiger partial charge is 0.370 e. The molecule has 110 valence electrons. The van der Waals surface area contributed by atoms with Crippen molar-refractivity contribution >= 4 is 17.3 Å². The molecule has 2 rings (SSSR count). The van der Waals surface area contributed by atoms with Crippen molar-refractivity contribution in [2.45, 2.75) is 32.4 Å². The number of halogens is 3. The molecule has 1 N–H and O–H groups in total. The van der Waals surface area contributed by atoms with Gasteiger partial charge in [0.2, 0.25) is 5.91 Å². The van der Waals surface area contributed by atoms with Crippen molar-refractivity contribution in [3.05, 3.63) is 23.8 Å². The van der Waals surface area contributed by atoms with Crippen molar-refractivity contribution in [3.8, 4) is 0 Å². The summed E-state index contributed by atoms with van der Waals surface area (Å²) < 4.78 is 38.3. The lowest BCUT2D eigenvalue weighted by atomic mass is 10.1. The maximum Gasteiger partial charge on any atom is 0.416 e. The van der Waals surface area contributed by atoms with Crippen molar-refractivity contribution in [2.75, 3.05) is 23.3 Å². The fourth-order valence-electron chi connectivity index (χ4n) is 2.41. The number of hydrogen-bond acceptors (Lipinski definition) is 2. The van der Waals surface area contributed by atoms with Crippen LogP contribution in [0.25, 0.3) is 0 Å². The molecule has 0 unspecified atom stereocenters. The van der Waals surface area contributed by atoms with Gasteiger partial charge in [0.1, 0.15) is 0 Å². The van der Waals surface area contributed by atoms with Gasteiger partial charge in [-0.25, -0.2) is 0 Å². The maximum absolute atomic E-state index is 12.8. The van der Waals surface area contributed by atoms with E-state index in [-0.39, 0.29) is 11.6 Å². The number of benzene rings is 1. The molecule has 1 aromatic rings. The lowest BCUT2D eigenvalue weighted by molar-refractivity contribution is -0.137. The Labute approximate surface area is 115 Å². The fourth-order valence-corrected chi connectivity index (χ4v) is 2.41. The van der Waals surface area contributed by atoms with Crippen LogP contribution in [0, 0.1) is 0 Å². The highest BCUT2D eigenvalue weighted by Gasteiger charge is 2.31. The second-order valence-electron chi connectivity index (χ2n) is 4.96. The van der Waals surface area contributed by atoms with Gasteiger partial charge in [-0.2, -0.15) is 13.2 Å². The second-order valence-corrected chi connectivity index (χ2v) is 4.96. The quantitative estimate of drug-likeness (QED) is 0.900. The summed E-state index contributed by atoms with van der Waals surface area (Å²) in [6.45, 7) is 2.90. The number of piperidine rings is 1. The van der Waals surface area contributed by atoms with Gasteiger partial charge in [0.15, 0.2) is 0 Å². The minimum Gasteiger partial charge on any atom is -0.370 e. The molecule has 1 aliphatic heterocycles. The first-order valence-electron chi connectivity index (χ1n) is 6.62. The maximum atomic E-state index is 12.8. The molecule has 0 aromatic heterocycles. The number of nitrogens with zero attached hydrogens (tertiary/aromatic N) is 1. The molecule has 1 saturated heterocycles. The molecule has 1 amide bonds. The van der Waals surface area contributed by atoms with Crippen LogP contribution >= 0.6 is 0 Å². The largest absolute Gasteiger partial charge is 0.416 e. The molecule has 0 bridgehead atoms. The Kier molecular flexibility index (Phi) is 4.20. The van der Waals surface area contributed by atoms with E-state index in [1.54, 1.807) is 0 Å². The molecule has 1 fully saturated rings. The van der Waals surface area contributed by atoms with Gasteiger partial charge < -0.3 is 10.2 Å². The Balaban J connectivity index is 2.36. The van der Waals surface area contributed by atoms with Crippen LogP contribution in [0.3, 0.4) is 0 Å². The number of hydrogen-bond donors (Lipinski definition) is 1. The van der Waals surface area contributed by atoms with E-state index in [2.05, 4.69) is 5.32 Å². The lowest BCUT2D eigenvalue weighted by Crippen LogP contribution is -2.30. The van der Waals surface area contributed by atoms with Crippen LogP contribution in [-0.4, -0.2) is 19.0 Å². The summed E-state index contributed by atoms with van der Waals surface area (Å²) in [5.41, 5.74) is 0.143. The minimum atomic E-state index is -4.41. The number of rotatable bonds is 2. The number of alkyl halides is 3. The van der Waals surface area contributed by atoms with Gasteiger partial charge >= 0.3 is 6.18 Å². The average Bonchev–Trinajstić information content (AvgIpc) is 2.38. The van der Waals surface area contributed by atoms with Gasteiger partial charge in [0, 0.05) is 20.0 Å². The predicted octanol–water partition coefficient (Wildman–Crippen LogP) is 3.65. The van der Waals surface area contributed by atoms with E-state index in [9.17, 15) is 18.0 Å². The van der Waals surface area contributed by atoms with Crippen LogP contribution in [0.4, 0.5) is 24.5 Å². The highest BCUT2D eigenvalue weighted by Crippen LogP contribution is 2.36. The van der Waals surface area contributed by atoms with Gasteiger partial charge in [-0.1, -0.05) is 0 Å². The number of carbonyl (C=O) groups excluding carboxylic acids is 1. The first-order valence-corrected chi connectivity index (χ1v) is 6.62. The number of anilines is 2.